The van der Waals surface area contributed by atoms with Crippen LogP contribution in [0.1, 0.15) is 32.6 Å². The summed E-state index contributed by atoms with van der Waals surface area (Å²) in [6.45, 7) is 2.72. The summed E-state index contributed by atoms with van der Waals surface area (Å²) in [7, 11) is 0. The summed E-state index contributed by atoms with van der Waals surface area (Å²) in [5.41, 5.74) is 7.47. The molecular weight excluding hydrogens is 208 g/mol. The topological polar surface area (TPSA) is 101 Å². The van der Waals surface area contributed by atoms with E-state index in [2.05, 4.69) is 5.43 Å². The Balaban J connectivity index is 2.76. The first-order valence-corrected chi connectivity index (χ1v) is 5.67. The molecule has 1 aliphatic rings. The Labute approximate surface area is 95.3 Å². The molecule has 2 amide bonds. The van der Waals surface area contributed by atoms with Gasteiger partial charge >= 0.3 is 0 Å². The molecule has 0 spiro atoms. The second kappa shape index (κ2) is 5.81. The molecule has 0 aromatic carbocycles. The number of carbonyl (C=O) groups excluding carboxylic acids is 2. The predicted molar refractivity (Wildman–Crippen MR) is 59.9 cm³/mol. The van der Waals surface area contributed by atoms with E-state index in [0.717, 1.165) is 25.8 Å². The summed E-state index contributed by atoms with van der Waals surface area (Å²) < 4.78 is 0. The van der Waals surface area contributed by atoms with Crippen LogP contribution in [-0.2, 0) is 9.59 Å². The number of primary amides is 1. The molecule has 92 valence electrons. The lowest BCUT2D eigenvalue weighted by molar-refractivity contribution is -0.130. The van der Waals surface area contributed by atoms with Crippen LogP contribution in [0.4, 0.5) is 0 Å². The molecule has 16 heavy (non-hydrogen) atoms. The van der Waals surface area contributed by atoms with Crippen molar-refractivity contribution in [1.29, 1.82) is 0 Å². The molecule has 1 rings (SSSR count). The van der Waals surface area contributed by atoms with Crippen molar-refractivity contribution in [2.24, 2.45) is 11.6 Å². The molecule has 0 aromatic heterocycles. The summed E-state index contributed by atoms with van der Waals surface area (Å²) >= 11 is 0. The first-order chi connectivity index (χ1) is 7.61. The largest absolute Gasteiger partial charge is 0.368 e. The molecule has 1 fully saturated rings. The van der Waals surface area contributed by atoms with Crippen LogP contribution in [-0.4, -0.2) is 35.3 Å². The number of hydrazine groups is 1. The highest BCUT2D eigenvalue weighted by Gasteiger charge is 2.36. The lowest BCUT2D eigenvalue weighted by atomic mass is 10.1. The van der Waals surface area contributed by atoms with Gasteiger partial charge in [-0.1, -0.05) is 13.3 Å². The van der Waals surface area contributed by atoms with Crippen LogP contribution in [0.5, 0.6) is 0 Å². The number of nitrogens with zero attached hydrogens (tertiary/aromatic N) is 1. The minimum Gasteiger partial charge on any atom is -0.368 e. The summed E-state index contributed by atoms with van der Waals surface area (Å²) in [6, 6.07) is -0.663. The minimum absolute atomic E-state index is 0.241. The van der Waals surface area contributed by atoms with Crippen molar-refractivity contribution in [3.63, 3.8) is 0 Å². The van der Waals surface area contributed by atoms with Gasteiger partial charge in [-0.15, -0.1) is 0 Å². The van der Waals surface area contributed by atoms with Gasteiger partial charge in [-0.25, -0.2) is 5.84 Å². The molecule has 1 saturated heterocycles. The number of nitrogens with one attached hydrogen (secondary N) is 1. The van der Waals surface area contributed by atoms with Gasteiger partial charge in [-0.3, -0.25) is 19.9 Å². The quantitative estimate of drug-likeness (QED) is 0.322. The standard InChI is InChI=1S/C10H20N4O2/c1-2-4-8(10(16)13-12)14-6-3-5-7(14)9(11)15/h7-8H,2-6,12H2,1H3,(H2,11,15)(H,13,16). The second-order valence-electron chi connectivity index (χ2n) is 4.11. The van der Waals surface area contributed by atoms with E-state index in [4.69, 9.17) is 11.6 Å². The zero-order valence-electron chi connectivity index (χ0n) is 9.61. The van der Waals surface area contributed by atoms with Crippen molar-refractivity contribution in [2.75, 3.05) is 6.54 Å². The Morgan fingerprint density at radius 2 is 2.25 bits per heavy atom. The fourth-order valence-electron chi connectivity index (χ4n) is 2.28. The number of carbonyl (C=O) groups is 2. The molecule has 5 N–H and O–H groups in total. The molecule has 1 heterocycles. The maximum Gasteiger partial charge on any atom is 0.251 e. The van der Waals surface area contributed by atoms with Gasteiger partial charge < -0.3 is 5.73 Å². The van der Waals surface area contributed by atoms with Crippen molar-refractivity contribution >= 4 is 11.8 Å². The van der Waals surface area contributed by atoms with E-state index in [1.54, 1.807) is 0 Å². The van der Waals surface area contributed by atoms with Crippen molar-refractivity contribution < 1.29 is 9.59 Å². The summed E-state index contributed by atoms with van der Waals surface area (Å²) in [5.74, 6) is 4.55. The minimum atomic E-state index is -0.358. The van der Waals surface area contributed by atoms with Gasteiger partial charge in [0.25, 0.3) is 5.91 Å². The normalized spacial score (nSPS) is 23.0. The van der Waals surface area contributed by atoms with Gasteiger partial charge in [-0.2, -0.15) is 0 Å². The van der Waals surface area contributed by atoms with Crippen molar-refractivity contribution in [2.45, 2.75) is 44.7 Å². The molecule has 6 nitrogen and oxygen atoms in total. The van der Waals surface area contributed by atoms with Gasteiger partial charge in [0.05, 0.1) is 12.1 Å². The fourth-order valence-corrected chi connectivity index (χ4v) is 2.28. The highest BCUT2D eigenvalue weighted by Crippen LogP contribution is 2.22. The lowest BCUT2D eigenvalue weighted by Crippen LogP contribution is -2.53. The van der Waals surface area contributed by atoms with Crippen LogP contribution in [0.3, 0.4) is 0 Å². The Bertz CT molecular complexity index is 270. The highest BCUT2D eigenvalue weighted by molar-refractivity contribution is 5.84. The third kappa shape index (κ3) is 2.70. The molecule has 0 radical (unpaired) electrons. The van der Waals surface area contributed by atoms with Crippen LogP contribution in [0.15, 0.2) is 0 Å². The van der Waals surface area contributed by atoms with Gasteiger partial charge in [0.15, 0.2) is 0 Å². The number of rotatable bonds is 5. The Hall–Kier alpha value is -1.14. The maximum absolute atomic E-state index is 11.6. The fraction of sp³-hybridized carbons (Fsp3) is 0.800. The zero-order valence-corrected chi connectivity index (χ0v) is 9.61. The number of likely N-dealkylation sites (tertiary alicyclic amines) is 1. The molecule has 0 bridgehead atoms. The average Bonchev–Trinajstić information content (AvgIpc) is 2.73. The Morgan fingerprint density at radius 1 is 1.56 bits per heavy atom. The number of hydrogen-bond donors (Lipinski definition) is 3. The van der Waals surface area contributed by atoms with Gasteiger partial charge in [-0.05, 0) is 25.8 Å². The summed E-state index contributed by atoms with van der Waals surface area (Å²) in [5, 5.41) is 0. The molecule has 0 aliphatic carbocycles. The maximum atomic E-state index is 11.6. The van der Waals surface area contributed by atoms with E-state index in [1.165, 1.54) is 0 Å². The molecule has 2 atom stereocenters. The monoisotopic (exact) mass is 228 g/mol. The zero-order chi connectivity index (χ0) is 12.1. The average molecular weight is 228 g/mol. The van der Waals surface area contributed by atoms with E-state index in [9.17, 15) is 9.59 Å². The Kier molecular flexibility index (Phi) is 4.70. The van der Waals surface area contributed by atoms with E-state index in [1.807, 2.05) is 11.8 Å². The van der Waals surface area contributed by atoms with E-state index < -0.39 is 0 Å². The van der Waals surface area contributed by atoms with Crippen molar-refractivity contribution in [3.8, 4) is 0 Å². The van der Waals surface area contributed by atoms with Gasteiger partial charge in [0, 0.05) is 0 Å². The summed E-state index contributed by atoms with van der Waals surface area (Å²) in [4.78, 5) is 24.7. The van der Waals surface area contributed by atoms with Crippen LogP contribution < -0.4 is 17.0 Å². The molecule has 6 heteroatoms. The molecule has 0 aromatic rings. The van der Waals surface area contributed by atoms with Crippen LogP contribution in [0.2, 0.25) is 0 Å². The van der Waals surface area contributed by atoms with Crippen molar-refractivity contribution in [3.05, 3.63) is 0 Å². The molecule has 2 unspecified atom stereocenters. The van der Waals surface area contributed by atoms with Crippen LogP contribution in [0.25, 0.3) is 0 Å². The van der Waals surface area contributed by atoms with Gasteiger partial charge in [0.1, 0.15) is 0 Å². The highest BCUT2D eigenvalue weighted by atomic mass is 16.2. The van der Waals surface area contributed by atoms with Crippen molar-refractivity contribution in [1.82, 2.24) is 10.3 Å². The van der Waals surface area contributed by atoms with Crippen LogP contribution in [0, 0.1) is 0 Å². The lowest BCUT2D eigenvalue weighted by Gasteiger charge is -2.29. The molecule has 1 aliphatic heterocycles. The predicted octanol–water partition coefficient (Wildman–Crippen LogP) is -0.905. The number of amides is 2. The third-order valence-corrected chi connectivity index (χ3v) is 3.03. The molecular formula is C10H20N4O2. The number of nitrogens with two attached hydrogens (primary N) is 2. The Morgan fingerprint density at radius 3 is 2.75 bits per heavy atom. The third-order valence-electron chi connectivity index (χ3n) is 3.03. The first kappa shape index (κ1) is 12.9. The number of hydrogen-bond acceptors (Lipinski definition) is 4. The second-order valence-corrected chi connectivity index (χ2v) is 4.11. The van der Waals surface area contributed by atoms with E-state index >= 15 is 0 Å². The smallest absolute Gasteiger partial charge is 0.251 e. The van der Waals surface area contributed by atoms with E-state index in [0.29, 0.717) is 6.42 Å². The van der Waals surface area contributed by atoms with Crippen LogP contribution >= 0.6 is 0 Å². The van der Waals surface area contributed by atoms with Gasteiger partial charge in [0.2, 0.25) is 5.91 Å². The first-order valence-electron chi connectivity index (χ1n) is 5.67. The molecule has 0 saturated carbocycles. The summed E-state index contributed by atoms with van der Waals surface area (Å²) in [6.07, 6.45) is 3.17. The SMILES string of the molecule is CCCC(C(=O)NN)N1CCCC1C(N)=O. The van der Waals surface area contributed by atoms with E-state index in [-0.39, 0.29) is 23.9 Å².